The summed E-state index contributed by atoms with van der Waals surface area (Å²) in [6.07, 6.45) is 0.836. The van der Waals surface area contributed by atoms with E-state index in [0.717, 1.165) is 12.0 Å². The number of fused-ring (bicyclic) bond motifs is 1. The highest BCUT2D eigenvalue weighted by Crippen LogP contribution is 2.18. The maximum absolute atomic E-state index is 12.1. The molecule has 1 aromatic carbocycles. The van der Waals surface area contributed by atoms with Crippen LogP contribution >= 0.6 is 11.3 Å². The van der Waals surface area contributed by atoms with Gasteiger partial charge in [-0.3, -0.25) is 10.2 Å². The van der Waals surface area contributed by atoms with E-state index in [4.69, 9.17) is 0 Å². The predicted molar refractivity (Wildman–Crippen MR) is 80.9 cm³/mol. The highest BCUT2D eigenvalue weighted by molar-refractivity contribution is 7.12. The molecule has 0 unspecified atom stereocenters. The molecule has 1 aromatic heterocycles. The summed E-state index contributed by atoms with van der Waals surface area (Å²) >= 11 is 1.33. The zero-order chi connectivity index (χ0) is 14.7. The third-order valence-corrected chi connectivity index (χ3v) is 4.31. The van der Waals surface area contributed by atoms with Crippen molar-refractivity contribution in [3.63, 3.8) is 0 Å². The first-order valence-electron chi connectivity index (χ1n) is 6.69. The molecular weight excluding hydrogens is 286 g/mol. The van der Waals surface area contributed by atoms with Gasteiger partial charge in [0.1, 0.15) is 0 Å². The molecule has 21 heavy (non-hydrogen) atoms. The van der Waals surface area contributed by atoms with Crippen LogP contribution in [0, 0.1) is 0 Å². The molecule has 0 spiro atoms. The fourth-order valence-corrected chi connectivity index (χ4v) is 2.95. The van der Waals surface area contributed by atoms with Crippen molar-refractivity contribution in [3.05, 3.63) is 57.8 Å². The summed E-state index contributed by atoms with van der Waals surface area (Å²) in [6, 6.07) is 11.3. The van der Waals surface area contributed by atoms with E-state index in [1.54, 1.807) is 17.0 Å². The molecule has 0 saturated carbocycles. The molecule has 0 fully saturated rings. The van der Waals surface area contributed by atoms with E-state index in [1.165, 1.54) is 16.9 Å². The van der Waals surface area contributed by atoms with Gasteiger partial charge in [0.25, 0.3) is 5.91 Å². The van der Waals surface area contributed by atoms with Gasteiger partial charge in [-0.25, -0.2) is 10.2 Å². The number of rotatable bonds is 1. The Morgan fingerprint density at radius 2 is 1.86 bits per heavy atom. The second-order valence-corrected chi connectivity index (χ2v) is 5.75. The molecule has 2 aromatic rings. The number of hydrazine groups is 1. The first-order chi connectivity index (χ1) is 10.2. The van der Waals surface area contributed by atoms with Crippen LogP contribution in [-0.4, -0.2) is 23.4 Å². The SMILES string of the molecule is O=C(NNC(=O)N1CCc2ccccc2C1)c1cccs1. The molecular formula is C15H15N3O2S. The molecule has 0 saturated heterocycles. The number of benzene rings is 1. The van der Waals surface area contributed by atoms with Crippen molar-refractivity contribution in [2.45, 2.75) is 13.0 Å². The van der Waals surface area contributed by atoms with Crippen LogP contribution in [0.15, 0.2) is 41.8 Å². The van der Waals surface area contributed by atoms with Crippen LogP contribution in [0.25, 0.3) is 0 Å². The van der Waals surface area contributed by atoms with Crippen molar-refractivity contribution in [1.82, 2.24) is 15.8 Å². The van der Waals surface area contributed by atoms with Crippen molar-refractivity contribution < 1.29 is 9.59 Å². The average Bonchev–Trinajstić information content (AvgIpc) is 3.06. The zero-order valence-electron chi connectivity index (χ0n) is 11.3. The van der Waals surface area contributed by atoms with Crippen LogP contribution < -0.4 is 10.9 Å². The molecule has 3 amide bonds. The largest absolute Gasteiger partial charge is 0.336 e. The number of urea groups is 1. The Hall–Kier alpha value is -2.34. The van der Waals surface area contributed by atoms with Crippen molar-refractivity contribution in [2.75, 3.05) is 6.54 Å². The molecule has 2 heterocycles. The van der Waals surface area contributed by atoms with Gasteiger partial charge in [-0.2, -0.15) is 0 Å². The Kier molecular flexibility index (Phi) is 3.87. The number of hydrogen-bond donors (Lipinski definition) is 2. The number of amides is 3. The Morgan fingerprint density at radius 3 is 2.62 bits per heavy atom. The maximum atomic E-state index is 12.1. The molecule has 1 aliphatic rings. The fraction of sp³-hybridized carbons (Fsp3) is 0.200. The maximum Gasteiger partial charge on any atom is 0.336 e. The van der Waals surface area contributed by atoms with Gasteiger partial charge in [-0.05, 0) is 29.0 Å². The minimum Gasteiger partial charge on any atom is -0.319 e. The monoisotopic (exact) mass is 301 g/mol. The molecule has 1 aliphatic heterocycles. The van der Waals surface area contributed by atoms with Gasteiger partial charge in [-0.15, -0.1) is 11.3 Å². The summed E-state index contributed by atoms with van der Waals surface area (Å²) in [4.78, 5) is 26.1. The van der Waals surface area contributed by atoms with Crippen LogP contribution in [0.2, 0.25) is 0 Å². The molecule has 108 valence electrons. The van der Waals surface area contributed by atoms with E-state index < -0.39 is 0 Å². The first-order valence-corrected chi connectivity index (χ1v) is 7.57. The van der Waals surface area contributed by atoms with E-state index in [-0.39, 0.29) is 11.9 Å². The molecule has 2 N–H and O–H groups in total. The number of carbonyl (C=O) groups is 2. The van der Waals surface area contributed by atoms with E-state index in [0.29, 0.717) is 18.0 Å². The van der Waals surface area contributed by atoms with E-state index in [1.807, 2.05) is 23.6 Å². The Bertz CT molecular complexity index is 655. The van der Waals surface area contributed by atoms with Gasteiger partial charge < -0.3 is 4.90 Å². The summed E-state index contributed by atoms with van der Waals surface area (Å²) in [5.41, 5.74) is 7.34. The van der Waals surface area contributed by atoms with Gasteiger partial charge in [-0.1, -0.05) is 30.3 Å². The van der Waals surface area contributed by atoms with E-state index >= 15 is 0 Å². The number of carbonyl (C=O) groups excluding carboxylic acids is 2. The first kappa shape index (κ1) is 13.6. The Morgan fingerprint density at radius 1 is 1.05 bits per heavy atom. The highest BCUT2D eigenvalue weighted by Gasteiger charge is 2.20. The smallest absolute Gasteiger partial charge is 0.319 e. The summed E-state index contributed by atoms with van der Waals surface area (Å²) in [7, 11) is 0. The number of nitrogens with one attached hydrogen (secondary N) is 2. The molecule has 0 bridgehead atoms. The Balaban J connectivity index is 1.56. The topological polar surface area (TPSA) is 61.4 Å². The lowest BCUT2D eigenvalue weighted by atomic mass is 10.0. The van der Waals surface area contributed by atoms with Crippen molar-refractivity contribution >= 4 is 23.3 Å². The summed E-state index contributed by atoms with van der Waals surface area (Å²) < 4.78 is 0. The normalized spacial score (nSPS) is 13.4. The van der Waals surface area contributed by atoms with Crippen molar-refractivity contribution in [2.24, 2.45) is 0 Å². The summed E-state index contributed by atoms with van der Waals surface area (Å²) in [5.74, 6) is -0.296. The second-order valence-electron chi connectivity index (χ2n) is 4.80. The third kappa shape index (κ3) is 3.05. The van der Waals surface area contributed by atoms with Gasteiger partial charge in [0.2, 0.25) is 0 Å². The summed E-state index contributed by atoms with van der Waals surface area (Å²) in [5, 5.41) is 1.82. The molecule has 0 radical (unpaired) electrons. The zero-order valence-corrected chi connectivity index (χ0v) is 12.2. The number of hydrogen-bond acceptors (Lipinski definition) is 3. The van der Waals surface area contributed by atoms with Gasteiger partial charge in [0.15, 0.2) is 0 Å². The molecule has 0 atom stereocenters. The molecule has 5 nitrogen and oxygen atoms in total. The minimum absolute atomic E-state index is 0.283. The predicted octanol–water partition coefficient (Wildman–Crippen LogP) is 2.16. The standard InChI is InChI=1S/C15H15N3O2S/c19-14(13-6-3-9-21-13)16-17-15(20)18-8-7-11-4-1-2-5-12(11)10-18/h1-6,9H,7-8,10H2,(H,16,19)(H,17,20). The van der Waals surface area contributed by atoms with Crippen LogP contribution in [-0.2, 0) is 13.0 Å². The van der Waals surface area contributed by atoms with Crippen LogP contribution in [0.5, 0.6) is 0 Å². The van der Waals surface area contributed by atoms with Crippen molar-refractivity contribution in [3.8, 4) is 0 Å². The lowest BCUT2D eigenvalue weighted by molar-refractivity contribution is 0.0933. The Labute approximate surface area is 126 Å². The lowest BCUT2D eigenvalue weighted by Crippen LogP contribution is -2.49. The van der Waals surface area contributed by atoms with E-state index in [2.05, 4.69) is 16.9 Å². The highest BCUT2D eigenvalue weighted by atomic mass is 32.1. The van der Waals surface area contributed by atoms with Crippen LogP contribution in [0.1, 0.15) is 20.8 Å². The number of thiophene rings is 1. The lowest BCUT2D eigenvalue weighted by Gasteiger charge is -2.28. The second kappa shape index (κ2) is 5.97. The fourth-order valence-electron chi connectivity index (χ4n) is 2.33. The van der Waals surface area contributed by atoms with Gasteiger partial charge in [0, 0.05) is 13.1 Å². The van der Waals surface area contributed by atoms with Gasteiger partial charge in [0.05, 0.1) is 4.88 Å². The minimum atomic E-state index is -0.296. The summed E-state index contributed by atoms with van der Waals surface area (Å²) in [6.45, 7) is 1.22. The third-order valence-electron chi connectivity index (χ3n) is 3.45. The van der Waals surface area contributed by atoms with Crippen LogP contribution in [0.3, 0.4) is 0 Å². The molecule has 6 heteroatoms. The molecule has 0 aliphatic carbocycles. The molecule has 3 rings (SSSR count). The van der Waals surface area contributed by atoms with E-state index in [9.17, 15) is 9.59 Å². The number of nitrogens with zero attached hydrogens (tertiary/aromatic N) is 1. The quantitative estimate of drug-likeness (QED) is 0.793. The van der Waals surface area contributed by atoms with Crippen LogP contribution in [0.4, 0.5) is 4.79 Å². The van der Waals surface area contributed by atoms with Crippen molar-refractivity contribution in [1.29, 1.82) is 0 Å². The average molecular weight is 301 g/mol. The van der Waals surface area contributed by atoms with Gasteiger partial charge >= 0.3 is 6.03 Å².